The number of hydrogen-bond acceptors (Lipinski definition) is 3. The smallest absolute Gasteiger partial charge is 0.328 e. The van der Waals surface area contributed by atoms with Gasteiger partial charge < -0.3 is 15.3 Å². The molecule has 1 aromatic carbocycles. The van der Waals surface area contributed by atoms with Crippen molar-refractivity contribution in [1.82, 2.24) is 0 Å². The van der Waals surface area contributed by atoms with Crippen molar-refractivity contribution in [2.45, 2.75) is 20.0 Å². The molecule has 0 radical (unpaired) electrons. The average molecular weight is 222 g/mol. The summed E-state index contributed by atoms with van der Waals surface area (Å²) in [6.45, 7) is 1.57. The Balaban J connectivity index is 3.16. The molecule has 4 heteroatoms. The number of aliphatic carboxylic acids is 1. The minimum atomic E-state index is -1.00. The molecule has 0 aliphatic rings. The van der Waals surface area contributed by atoms with Crippen molar-refractivity contribution >= 4 is 11.5 Å². The maximum atomic E-state index is 10.6. The molecule has 1 aromatic rings. The second-order valence-corrected chi connectivity index (χ2v) is 3.36. The normalized spacial score (nSPS) is 11.5. The fourth-order valence-corrected chi connectivity index (χ4v) is 1.45. The third kappa shape index (κ3) is 2.84. The minimum absolute atomic E-state index is 0.0111. The van der Waals surface area contributed by atoms with E-state index < -0.39 is 5.97 Å². The zero-order chi connectivity index (χ0) is 12.1. The van der Waals surface area contributed by atoms with Gasteiger partial charge in [-0.15, -0.1) is 0 Å². The summed E-state index contributed by atoms with van der Waals surface area (Å²) in [4.78, 5) is 10.6. The number of hydrogen-bond donors (Lipinski definition) is 3. The predicted octanol–water partition coefficient (Wildman–Crippen LogP) is 1.76. The van der Waals surface area contributed by atoms with Crippen molar-refractivity contribution in [2.24, 2.45) is 0 Å². The van der Waals surface area contributed by atoms with Crippen LogP contribution < -0.4 is 0 Å². The van der Waals surface area contributed by atoms with E-state index in [0.717, 1.165) is 6.08 Å². The molecule has 86 valence electrons. The van der Waals surface area contributed by atoms with Gasteiger partial charge >= 0.3 is 5.97 Å². The van der Waals surface area contributed by atoms with E-state index in [1.807, 2.05) is 6.92 Å². The molecule has 0 atom stereocenters. The molecular formula is C12H14O4. The molecule has 0 heterocycles. The SMILES string of the molecule is CC/C(=C\C(=O)O)c1ccc(O)c(CO)c1. The molecule has 0 aliphatic carbocycles. The van der Waals surface area contributed by atoms with Gasteiger partial charge in [-0.05, 0) is 29.7 Å². The van der Waals surface area contributed by atoms with E-state index in [0.29, 0.717) is 23.1 Å². The van der Waals surface area contributed by atoms with Crippen molar-refractivity contribution < 1.29 is 20.1 Å². The van der Waals surface area contributed by atoms with Gasteiger partial charge in [0.15, 0.2) is 0 Å². The lowest BCUT2D eigenvalue weighted by molar-refractivity contribution is -0.131. The zero-order valence-corrected chi connectivity index (χ0v) is 8.97. The van der Waals surface area contributed by atoms with E-state index >= 15 is 0 Å². The van der Waals surface area contributed by atoms with E-state index in [9.17, 15) is 9.90 Å². The Morgan fingerprint density at radius 1 is 1.44 bits per heavy atom. The van der Waals surface area contributed by atoms with Crippen LogP contribution >= 0.6 is 0 Å². The highest BCUT2D eigenvalue weighted by Crippen LogP contribution is 2.24. The average Bonchev–Trinajstić information content (AvgIpc) is 2.26. The van der Waals surface area contributed by atoms with Gasteiger partial charge in [0.25, 0.3) is 0 Å². The second kappa shape index (κ2) is 5.32. The van der Waals surface area contributed by atoms with Gasteiger partial charge in [-0.2, -0.15) is 0 Å². The van der Waals surface area contributed by atoms with Crippen molar-refractivity contribution in [3.63, 3.8) is 0 Å². The molecule has 0 amide bonds. The summed E-state index contributed by atoms with van der Waals surface area (Å²) in [5.74, 6) is -0.993. The van der Waals surface area contributed by atoms with E-state index in [2.05, 4.69) is 0 Å². The first-order chi connectivity index (χ1) is 7.58. The number of carboxylic acids is 1. The Morgan fingerprint density at radius 3 is 2.62 bits per heavy atom. The maximum absolute atomic E-state index is 10.6. The summed E-state index contributed by atoms with van der Waals surface area (Å²) in [7, 11) is 0. The highest BCUT2D eigenvalue weighted by molar-refractivity contribution is 5.90. The first-order valence-electron chi connectivity index (χ1n) is 4.95. The lowest BCUT2D eigenvalue weighted by Gasteiger charge is -2.07. The third-order valence-corrected chi connectivity index (χ3v) is 2.30. The lowest BCUT2D eigenvalue weighted by atomic mass is 10.0. The second-order valence-electron chi connectivity index (χ2n) is 3.36. The first-order valence-corrected chi connectivity index (χ1v) is 4.95. The number of benzene rings is 1. The molecule has 3 N–H and O–H groups in total. The molecular weight excluding hydrogens is 208 g/mol. The summed E-state index contributed by atoms with van der Waals surface area (Å²) in [5.41, 5.74) is 1.75. The zero-order valence-electron chi connectivity index (χ0n) is 8.97. The molecule has 16 heavy (non-hydrogen) atoms. The van der Waals surface area contributed by atoms with Gasteiger partial charge in [-0.1, -0.05) is 13.0 Å². The highest BCUT2D eigenvalue weighted by Gasteiger charge is 2.06. The fraction of sp³-hybridized carbons (Fsp3) is 0.250. The first kappa shape index (κ1) is 12.3. The van der Waals surface area contributed by atoms with E-state index in [4.69, 9.17) is 10.2 Å². The van der Waals surface area contributed by atoms with E-state index in [-0.39, 0.29) is 12.4 Å². The van der Waals surface area contributed by atoms with E-state index in [1.165, 1.54) is 6.07 Å². The van der Waals surface area contributed by atoms with Gasteiger partial charge in [0, 0.05) is 11.6 Å². The van der Waals surface area contributed by atoms with Crippen molar-refractivity contribution in [3.8, 4) is 5.75 Å². The van der Waals surface area contributed by atoms with Crippen LogP contribution in [0, 0.1) is 0 Å². The van der Waals surface area contributed by atoms with Crippen LogP contribution in [0.25, 0.3) is 5.57 Å². The van der Waals surface area contributed by atoms with Crippen LogP contribution in [-0.2, 0) is 11.4 Å². The number of rotatable bonds is 4. The molecule has 0 aliphatic heterocycles. The molecule has 0 aromatic heterocycles. The number of carbonyl (C=O) groups is 1. The van der Waals surface area contributed by atoms with Crippen molar-refractivity contribution in [2.75, 3.05) is 0 Å². The third-order valence-electron chi connectivity index (χ3n) is 2.30. The van der Waals surface area contributed by atoms with Crippen molar-refractivity contribution in [1.29, 1.82) is 0 Å². The summed E-state index contributed by atoms with van der Waals surface area (Å²) < 4.78 is 0. The topological polar surface area (TPSA) is 77.8 Å². The molecule has 0 fully saturated rings. The van der Waals surface area contributed by atoms with Gasteiger partial charge in [0.1, 0.15) is 5.75 Å². The Hall–Kier alpha value is -1.81. The summed E-state index contributed by atoms with van der Waals surface area (Å²) in [6, 6.07) is 4.67. The van der Waals surface area contributed by atoms with Crippen LogP contribution in [0.2, 0.25) is 0 Å². The molecule has 4 nitrogen and oxygen atoms in total. The van der Waals surface area contributed by atoms with Crippen LogP contribution in [0.15, 0.2) is 24.3 Å². The fourth-order valence-electron chi connectivity index (χ4n) is 1.45. The monoisotopic (exact) mass is 222 g/mol. The number of carboxylic acid groups (broad SMARTS) is 1. The predicted molar refractivity (Wildman–Crippen MR) is 59.9 cm³/mol. The minimum Gasteiger partial charge on any atom is -0.508 e. The van der Waals surface area contributed by atoms with Crippen LogP contribution in [0.5, 0.6) is 5.75 Å². The Morgan fingerprint density at radius 2 is 2.12 bits per heavy atom. The largest absolute Gasteiger partial charge is 0.508 e. The summed E-state index contributed by atoms with van der Waals surface area (Å²) in [6.07, 6.45) is 1.70. The molecule has 0 bridgehead atoms. The summed E-state index contributed by atoms with van der Waals surface area (Å²) >= 11 is 0. The number of phenols is 1. The van der Waals surface area contributed by atoms with Gasteiger partial charge in [-0.25, -0.2) is 4.79 Å². The molecule has 0 saturated carbocycles. The highest BCUT2D eigenvalue weighted by atomic mass is 16.4. The molecule has 1 rings (SSSR count). The Kier molecular flexibility index (Phi) is 4.08. The number of aliphatic hydroxyl groups excluding tert-OH is 1. The van der Waals surface area contributed by atoms with E-state index in [1.54, 1.807) is 12.1 Å². The van der Waals surface area contributed by atoms with Crippen LogP contribution in [0.1, 0.15) is 24.5 Å². The van der Waals surface area contributed by atoms with Gasteiger partial charge in [0.05, 0.1) is 6.61 Å². The van der Waals surface area contributed by atoms with Crippen LogP contribution in [-0.4, -0.2) is 21.3 Å². The van der Waals surface area contributed by atoms with Crippen molar-refractivity contribution in [3.05, 3.63) is 35.4 Å². The number of allylic oxidation sites excluding steroid dienone is 1. The Bertz CT molecular complexity index is 421. The van der Waals surface area contributed by atoms with Gasteiger partial charge in [-0.3, -0.25) is 0 Å². The standard InChI is InChI=1S/C12H14O4/c1-2-8(6-12(15)16)9-3-4-11(14)10(5-9)7-13/h3-6,13-14H,2,7H2,1H3,(H,15,16)/b8-6+. The molecule has 0 spiro atoms. The molecule has 0 unspecified atom stereocenters. The lowest BCUT2D eigenvalue weighted by Crippen LogP contribution is -1.93. The number of aliphatic hydroxyl groups is 1. The van der Waals surface area contributed by atoms with Crippen LogP contribution in [0.4, 0.5) is 0 Å². The van der Waals surface area contributed by atoms with Crippen LogP contribution in [0.3, 0.4) is 0 Å². The van der Waals surface area contributed by atoms with Gasteiger partial charge in [0.2, 0.25) is 0 Å². The molecule has 0 saturated heterocycles. The number of aromatic hydroxyl groups is 1. The summed E-state index contributed by atoms with van der Waals surface area (Å²) in [5, 5.41) is 27.0. The maximum Gasteiger partial charge on any atom is 0.328 e. The Labute approximate surface area is 93.5 Å². The quantitative estimate of drug-likeness (QED) is 0.678.